The molecule has 9 heteroatoms. The first-order valence-electron chi connectivity index (χ1n) is 6.58. The van der Waals surface area contributed by atoms with Gasteiger partial charge in [0.05, 0.1) is 5.69 Å². The second-order valence-corrected chi connectivity index (χ2v) is 8.07. The van der Waals surface area contributed by atoms with Crippen LogP contribution in [0.15, 0.2) is 4.90 Å². The van der Waals surface area contributed by atoms with E-state index in [2.05, 4.69) is 22.4 Å². The SMILES string of the molecule is Cc1[nH]nc(C(=O)NCC2(C)CCOCC2)c1S(=O)(=O)Cl. The average Bonchev–Trinajstić information content (AvgIpc) is 2.79. The molecule has 2 N–H and O–H groups in total. The molecule has 0 atom stereocenters. The molecule has 1 aliphatic heterocycles. The van der Waals surface area contributed by atoms with E-state index >= 15 is 0 Å². The summed E-state index contributed by atoms with van der Waals surface area (Å²) in [7, 11) is 1.32. The normalized spacial score (nSPS) is 18.4. The maximum absolute atomic E-state index is 12.2. The van der Waals surface area contributed by atoms with Crippen LogP contribution in [0.1, 0.15) is 35.9 Å². The molecule has 0 spiro atoms. The number of aryl methyl sites for hydroxylation is 1. The van der Waals surface area contributed by atoms with Crippen LogP contribution in [0, 0.1) is 12.3 Å². The topological polar surface area (TPSA) is 101 Å². The van der Waals surface area contributed by atoms with Crippen molar-refractivity contribution < 1.29 is 17.9 Å². The fourth-order valence-corrected chi connectivity index (χ4v) is 3.64. The van der Waals surface area contributed by atoms with Crippen molar-refractivity contribution in [3.8, 4) is 0 Å². The van der Waals surface area contributed by atoms with Gasteiger partial charge in [0.1, 0.15) is 4.90 Å². The van der Waals surface area contributed by atoms with Crippen molar-refractivity contribution in [1.82, 2.24) is 15.5 Å². The number of amides is 1. The summed E-state index contributed by atoms with van der Waals surface area (Å²) in [5.41, 5.74) is -0.00944. The van der Waals surface area contributed by atoms with E-state index < -0.39 is 15.0 Å². The number of aromatic amines is 1. The second kappa shape index (κ2) is 5.94. The lowest BCUT2D eigenvalue weighted by Crippen LogP contribution is -2.39. The Hall–Kier alpha value is -1.12. The van der Waals surface area contributed by atoms with Crippen molar-refractivity contribution in [3.05, 3.63) is 11.4 Å². The van der Waals surface area contributed by atoms with E-state index in [0.29, 0.717) is 19.8 Å². The van der Waals surface area contributed by atoms with Gasteiger partial charge in [-0.15, -0.1) is 0 Å². The number of carbonyl (C=O) groups excluding carboxylic acids is 1. The summed E-state index contributed by atoms with van der Waals surface area (Å²) in [4.78, 5) is 11.9. The van der Waals surface area contributed by atoms with Crippen LogP contribution in [0.3, 0.4) is 0 Å². The van der Waals surface area contributed by atoms with Gasteiger partial charge in [0.25, 0.3) is 15.0 Å². The minimum atomic E-state index is -4.03. The Morgan fingerprint density at radius 1 is 1.48 bits per heavy atom. The molecule has 1 fully saturated rings. The highest BCUT2D eigenvalue weighted by atomic mass is 35.7. The minimum absolute atomic E-state index is 0.0563. The van der Waals surface area contributed by atoms with Gasteiger partial charge in [0.15, 0.2) is 5.69 Å². The zero-order valence-electron chi connectivity index (χ0n) is 11.9. The van der Waals surface area contributed by atoms with Crippen LogP contribution >= 0.6 is 10.7 Å². The maximum Gasteiger partial charge on any atom is 0.273 e. The van der Waals surface area contributed by atoms with Gasteiger partial charge in [-0.3, -0.25) is 9.89 Å². The van der Waals surface area contributed by atoms with E-state index in [1.165, 1.54) is 6.92 Å². The fraction of sp³-hybridized carbons (Fsp3) is 0.667. The highest BCUT2D eigenvalue weighted by molar-refractivity contribution is 8.13. The predicted octanol–water partition coefficient (Wildman–Crippen LogP) is 1.19. The number of hydrogen-bond donors (Lipinski definition) is 2. The number of rotatable bonds is 4. The van der Waals surface area contributed by atoms with E-state index in [1.54, 1.807) is 0 Å². The van der Waals surface area contributed by atoms with Crippen molar-refractivity contribution in [3.63, 3.8) is 0 Å². The van der Waals surface area contributed by atoms with Gasteiger partial charge in [0, 0.05) is 30.4 Å². The van der Waals surface area contributed by atoms with Crippen LogP contribution in [0.5, 0.6) is 0 Å². The molecular weight excluding hydrogens is 318 g/mol. The number of hydrogen-bond acceptors (Lipinski definition) is 5. The minimum Gasteiger partial charge on any atom is -0.381 e. The quantitative estimate of drug-likeness (QED) is 0.805. The van der Waals surface area contributed by atoms with E-state index in [-0.39, 0.29) is 21.7 Å². The van der Waals surface area contributed by atoms with Crippen molar-refractivity contribution >= 4 is 25.6 Å². The molecule has 2 rings (SSSR count). The van der Waals surface area contributed by atoms with Crippen molar-refractivity contribution in [2.24, 2.45) is 5.41 Å². The van der Waals surface area contributed by atoms with Gasteiger partial charge >= 0.3 is 0 Å². The summed E-state index contributed by atoms with van der Waals surface area (Å²) < 4.78 is 28.3. The summed E-state index contributed by atoms with van der Waals surface area (Å²) in [6, 6.07) is 0. The largest absolute Gasteiger partial charge is 0.381 e. The third-order valence-electron chi connectivity index (χ3n) is 3.73. The van der Waals surface area contributed by atoms with Crippen LogP contribution in [0.4, 0.5) is 0 Å². The number of H-pyrrole nitrogens is 1. The number of carbonyl (C=O) groups is 1. The third kappa shape index (κ3) is 3.75. The van der Waals surface area contributed by atoms with Gasteiger partial charge in [-0.25, -0.2) is 8.42 Å². The molecule has 1 aromatic rings. The van der Waals surface area contributed by atoms with Crippen LogP contribution in [0.2, 0.25) is 0 Å². The summed E-state index contributed by atoms with van der Waals surface area (Å²) in [5.74, 6) is -0.550. The Labute approximate surface area is 127 Å². The molecule has 0 unspecified atom stereocenters. The second-order valence-electron chi connectivity index (χ2n) is 5.57. The van der Waals surface area contributed by atoms with Gasteiger partial charge in [0.2, 0.25) is 0 Å². The number of halogens is 1. The molecule has 7 nitrogen and oxygen atoms in total. The fourth-order valence-electron chi connectivity index (χ4n) is 2.29. The predicted molar refractivity (Wildman–Crippen MR) is 76.9 cm³/mol. The van der Waals surface area contributed by atoms with Crippen LogP contribution < -0.4 is 5.32 Å². The Morgan fingerprint density at radius 3 is 2.67 bits per heavy atom. The Morgan fingerprint density at radius 2 is 2.10 bits per heavy atom. The standard InChI is InChI=1S/C12H18ClN3O4S/c1-8-10(21(13,18)19)9(16-15-8)11(17)14-7-12(2)3-5-20-6-4-12/h3-7H2,1-2H3,(H,14,17)(H,15,16). The Kier molecular flexibility index (Phi) is 4.60. The van der Waals surface area contributed by atoms with Crippen molar-refractivity contribution in [1.29, 1.82) is 0 Å². The summed E-state index contributed by atoms with van der Waals surface area (Å²) >= 11 is 0. The molecule has 2 heterocycles. The van der Waals surface area contributed by atoms with E-state index in [9.17, 15) is 13.2 Å². The lowest BCUT2D eigenvalue weighted by Gasteiger charge is -2.33. The highest BCUT2D eigenvalue weighted by Gasteiger charge is 2.30. The van der Waals surface area contributed by atoms with E-state index in [0.717, 1.165) is 12.8 Å². The van der Waals surface area contributed by atoms with Gasteiger partial charge in [-0.1, -0.05) is 6.92 Å². The smallest absolute Gasteiger partial charge is 0.273 e. The highest BCUT2D eigenvalue weighted by Crippen LogP contribution is 2.29. The molecule has 0 radical (unpaired) electrons. The summed E-state index contributed by atoms with van der Waals surface area (Å²) in [5, 5.41) is 8.96. The lowest BCUT2D eigenvalue weighted by molar-refractivity contribution is 0.0238. The van der Waals surface area contributed by atoms with E-state index in [1.807, 2.05) is 0 Å². The number of nitrogens with one attached hydrogen (secondary N) is 2. The molecule has 0 aliphatic carbocycles. The molecule has 0 bridgehead atoms. The molecule has 1 saturated heterocycles. The van der Waals surface area contributed by atoms with Crippen LogP contribution in [-0.2, 0) is 13.8 Å². The Balaban J connectivity index is 2.11. The molecule has 0 aromatic carbocycles. The summed E-state index contributed by atoms with van der Waals surface area (Å²) in [6.07, 6.45) is 1.68. The maximum atomic E-state index is 12.2. The first kappa shape index (κ1) is 16.3. The monoisotopic (exact) mass is 335 g/mol. The van der Waals surface area contributed by atoms with Gasteiger partial charge in [-0.05, 0) is 25.2 Å². The molecule has 21 heavy (non-hydrogen) atoms. The zero-order valence-corrected chi connectivity index (χ0v) is 13.5. The van der Waals surface area contributed by atoms with Gasteiger partial charge in [-0.2, -0.15) is 5.10 Å². The molecule has 1 aliphatic rings. The first-order valence-corrected chi connectivity index (χ1v) is 8.89. The van der Waals surface area contributed by atoms with Crippen molar-refractivity contribution in [2.45, 2.75) is 31.6 Å². The lowest BCUT2D eigenvalue weighted by atomic mass is 9.82. The molecule has 1 aromatic heterocycles. The molecule has 0 saturated carbocycles. The molecular formula is C12H18ClN3O4S. The number of nitrogens with zero attached hydrogens (tertiary/aromatic N) is 1. The van der Waals surface area contributed by atoms with Crippen LogP contribution in [-0.4, -0.2) is 44.3 Å². The Bertz CT molecular complexity index is 635. The number of aromatic nitrogens is 2. The average molecular weight is 336 g/mol. The van der Waals surface area contributed by atoms with E-state index in [4.69, 9.17) is 15.4 Å². The zero-order chi connectivity index (χ0) is 15.7. The third-order valence-corrected chi connectivity index (χ3v) is 5.18. The van der Waals surface area contributed by atoms with Crippen LogP contribution in [0.25, 0.3) is 0 Å². The molecule has 118 valence electrons. The first-order chi connectivity index (χ1) is 9.73. The molecule has 1 amide bonds. The van der Waals surface area contributed by atoms with Gasteiger partial charge < -0.3 is 10.1 Å². The summed E-state index contributed by atoms with van der Waals surface area (Å²) in [6.45, 7) is 5.32. The van der Waals surface area contributed by atoms with Crippen molar-refractivity contribution in [2.75, 3.05) is 19.8 Å². The number of ether oxygens (including phenoxy) is 1.